The fourth-order valence-corrected chi connectivity index (χ4v) is 1.75. The molecule has 1 atom stereocenters. The average molecular weight is 238 g/mol. The molecule has 96 valence electrons. The molecule has 0 N–H and O–H groups in total. The van der Waals surface area contributed by atoms with Crippen molar-refractivity contribution in [2.24, 2.45) is 5.92 Å². The van der Waals surface area contributed by atoms with E-state index in [2.05, 4.69) is 20.8 Å². The van der Waals surface area contributed by atoms with Crippen molar-refractivity contribution in [3.05, 3.63) is 17.7 Å². The van der Waals surface area contributed by atoms with Crippen molar-refractivity contribution in [3.8, 4) is 17.2 Å². The van der Waals surface area contributed by atoms with Crippen LogP contribution in [0.4, 0.5) is 0 Å². The summed E-state index contributed by atoms with van der Waals surface area (Å²) < 4.78 is 16.0. The molecule has 0 radical (unpaired) electrons. The zero-order valence-electron chi connectivity index (χ0n) is 11.5. The van der Waals surface area contributed by atoms with E-state index in [4.69, 9.17) is 14.2 Å². The average Bonchev–Trinajstić information content (AvgIpc) is 2.35. The van der Waals surface area contributed by atoms with Crippen LogP contribution in [0.2, 0.25) is 0 Å². The number of benzene rings is 1. The SMILES string of the molecule is COc1cc([C@@H](C)C(C)C)cc(OC)c1OC. The first-order valence-electron chi connectivity index (χ1n) is 5.85. The maximum Gasteiger partial charge on any atom is 0.203 e. The fraction of sp³-hybridized carbons (Fsp3) is 0.571. The van der Waals surface area contributed by atoms with E-state index >= 15 is 0 Å². The van der Waals surface area contributed by atoms with Crippen molar-refractivity contribution in [1.82, 2.24) is 0 Å². The smallest absolute Gasteiger partial charge is 0.203 e. The third kappa shape index (κ3) is 2.84. The molecular formula is C14H22O3. The monoisotopic (exact) mass is 238 g/mol. The number of rotatable bonds is 5. The largest absolute Gasteiger partial charge is 0.493 e. The first-order chi connectivity index (χ1) is 8.04. The molecule has 17 heavy (non-hydrogen) atoms. The summed E-state index contributed by atoms with van der Waals surface area (Å²) in [5, 5.41) is 0. The topological polar surface area (TPSA) is 27.7 Å². The summed E-state index contributed by atoms with van der Waals surface area (Å²) in [4.78, 5) is 0. The predicted molar refractivity (Wildman–Crippen MR) is 69.4 cm³/mol. The fourth-order valence-electron chi connectivity index (χ4n) is 1.75. The van der Waals surface area contributed by atoms with Crippen LogP contribution in [0.1, 0.15) is 32.3 Å². The first kappa shape index (κ1) is 13.7. The van der Waals surface area contributed by atoms with Crippen LogP contribution in [-0.4, -0.2) is 21.3 Å². The molecule has 0 unspecified atom stereocenters. The molecule has 0 fully saturated rings. The van der Waals surface area contributed by atoms with Gasteiger partial charge in [0, 0.05) is 0 Å². The van der Waals surface area contributed by atoms with E-state index < -0.39 is 0 Å². The molecule has 0 aromatic heterocycles. The Morgan fingerprint density at radius 2 is 1.29 bits per heavy atom. The van der Waals surface area contributed by atoms with Crippen molar-refractivity contribution in [2.45, 2.75) is 26.7 Å². The third-order valence-corrected chi connectivity index (χ3v) is 3.21. The molecule has 3 nitrogen and oxygen atoms in total. The van der Waals surface area contributed by atoms with Crippen molar-refractivity contribution >= 4 is 0 Å². The van der Waals surface area contributed by atoms with Crippen molar-refractivity contribution in [2.75, 3.05) is 21.3 Å². The standard InChI is InChI=1S/C14H22O3/c1-9(2)10(3)11-7-12(15-4)14(17-6)13(8-11)16-5/h7-10H,1-6H3/t10-/m0/s1. The van der Waals surface area contributed by atoms with E-state index in [9.17, 15) is 0 Å². The number of methoxy groups -OCH3 is 3. The van der Waals surface area contributed by atoms with E-state index in [1.807, 2.05) is 12.1 Å². The second-order valence-corrected chi connectivity index (χ2v) is 4.49. The number of hydrogen-bond acceptors (Lipinski definition) is 3. The number of hydrogen-bond donors (Lipinski definition) is 0. The van der Waals surface area contributed by atoms with Gasteiger partial charge < -0.3 is 14.2 Å². The normalized spacial score (nSPS) is 12.4. The van der Waals surface area contributed by atoms with Gasteiger partial charge in [0.15, 0.2) is 11.5 Å². The van der Waals surface area contributed by atoms with Gasteiger partial charge in [0.2, 0.25) is 5.75 Å². The molecule has 1 aromatic rings. The van der Waals surface area contributed by atoms with E-state index in [0.29, 0.717) is 29.1 Å². The summed E-state index contributed by atoms with van der Waals surface area (Å²) in [6, 6.07) is 4.04. The van der Waals surface area contributed by atoms with Crippen molar-refractivity contribution in [1.29, 1.82) is 0 Å². The van der Waals surface area contributed by atoms with Crippen LogP contribution in [0.25, 0.3) is 0 Å². The van der Waals surface area contributed by atoms with Crippen molar-refractivity contribution in [3.63, 3.8) is 0 Å². The van der Waals surface area contributed by atoms with E-state index in [1.54, 1.807) is 21.3 Å². The summed E-state index contributed by atoms with van der Waals surface area (Å²) in [6.07, 6.45) is 0. The van der Waals surface area contributed by atoms with Gasteiger partial charge in [-0.25, -0.2) is 0 Å². The Balaban J connectivity index is 3.27. The van der Waals surface area contributed by atoms with Crippen LogP contribution in [0.3, 0.4) is 0 Å². The van der Waals surface area contributed by atoms with E-state index in [-0.39, 0.29) is 0 Å². The molecule has 0 heterocycles. The molecule has 0 aliphatic heterocycles. The van der Waals surface area contributed by atoms with Crippen LogP contribution in [-0.2, 0) is 0 Å². The van der Waals surface area contributed by atoms with Crippen LogP contribution in [0.5, 0.6) is 17.2 Å². The molecule has 0 bridgehead atoms. The Kier molecular flexibility index (Phi) is 4.67. The summed E-state index contributed by atoms with van der Waals surface area (Å²) >= 11 is 0. The first-order valence-corrected chi connectivity index (χ1v) is 5.85. The zero-order valence-corrected chi connectivity index (χ0v) is 11.5. The quantitative estimate of drug-likeness (QED) is 0.786. The summed E-state index contributed by atoms with van der Waals surface area (Å²) in [5.41, 5.74) is 1.20. The molecule has 0 amide bonds. The minimum atomic E-state index is 0.448. The minimum absolute atomic E-state index is 0.448. The molecule has 0 aliphatic carbocycles. The van der Waals surface area contributed by atoms with E-state index in [0.717, 1.165) is 0 Å². The maximum atomic E-state index is 5.34. The maximum absolute atomic E-state index is 5.34. The highest BCUT2D eigenvalue weighted by molar-refractivity contribution is 5.54. The molecule has 0 aliphatic rings. The molecule has 0 saturated heterocycles. The lowest BCUT2D eigenvalue weighted by atomic mass is 9.90. The Hall–Kier alpha value is -1.38. The second-order valence-electron chi connectivity index (χ2n) is 4.49. The lowest BCUT2D eigenvalue weighted by Crippen LogP contribution is -2.04. The molecule has 1 rings (SSSR count). The third-order valence-electron chi connectivity index (χ3n) is 3.21. The van der Waals surface area contributed by atoms with Crippen LogP contribution < -0.4 is 14.2 Å². The Morgan fingerprint density at radius 3 is 1.59 bits per heavy atom. The lowest BCUT2D eigenvalue weighted by Gasteiger charge is -2.20. The summed E-state index contributed by atoms with van der Waals surface area (Å²) in [7, 11) is 4.90. The van der Waals surface area contributed by atoms with Gasteiger partial charge in [0.1, 0.15) is 0 Å². The van der Waals surface area contributed by atoms with Gasteiger partial charge in [-0.2, -0.15) is 0 Å². The highest BCUT2D eigenvalue weighted by atomic mass is 16.5. The van der Waals surface area contributed by atoms with Gasteiger partial charge in [-0.15, -0.1) is 0 Å². The van der Waals surface area contributed by atoms with Crippen LogP contribution in [0.15, 0.2) is 12.1 Å². The van der Waals surface area contributed by atoms with Gasteiger partial charge in [0.05, 0.1) is 21.3 Å². The minimum Gasteiger partial charge on any atom is -0.493 e. The van der Waals surface area contributed by atoms with Gasteiger partial charge in [-0.3, -0.25) is 0 Å². The van der Waals surface area contributed by atoms with Crippen LogP contribution >= 0.6 is 0 Å². The predicted octanol–water partition coefficient (Wildman–Crippen LogP) is 3.47. The molecule has 0 spiro atoms. The second kappa shape index (κ2) is 5.80. The molecule has 0 saturated carbocycles. The Morgan fingerprint density at radius 1 is 0.824 bits per heavy atom. The van der Waals surface area contributed by atoms with Crippen molar-refractivity contribution < 1.29 is 14.2 Å². The summed E-state index contributed by atoms with van der Waals surface area (Å²) in [6.45, 7) is 6.60. The summed E-state index contributed by atoms with van der Waals surface area (Å²) in [5.74, 6) is 3.10. The Labute approximate surface area is 104 Å². The Bertz CT molecular complexity index is 347. The van der Waals surface area contributed by atoms with Gasteiger partial charge in [0.25, 0.3) is 0 Å². The van der Waals surface area contributed by atoms with Crippen LogP contribution in [0, 0.1) is 5.92 Å². The van der Waals surface area contributed by atoms with Gasteiger partial charge in [-0.05, 0) is 29.5 Å². The zero-order chi connectivity index (χ0) is 13.0. The highest BCUT2D eigenvalue weighted by Crippen LogP contribution is 2.41. The molecule has 3 heteroatoms. The van der Waals surface area contributed by atoms with E-state index in [1.165, 1.54) is 5.56 Å². The van der Waals surface area contributed by atoms with Gasteiger partial charge >= 0.3 is 0 Å². The van der Waals surface area contributed by atoms with Gasteiger partial charge in [-0.1, -0.05) is 20.8 Å². The number of ether oxygens (including phenoxy) is 3. The molecule has 1 aromatic carbocycles. The lowest BCUT2D eigenvalue weighted by molar-refractivity contribution is 0.323. The molecular weight excluding hydrogens is 216 g/mol. The highest BCUT2D eigenvalue weighted by Gasteiger charge is 2.17.